The minimum absolute atomic E-state index is 0.662. The first-order valence-corrected chi connectivity index (χ1v) is 6.14. The summed E-state index contributed by atoms with van der Waals surface area (Å²) in [5, 5.41) is 4.52. The number of anilines is 2. The van der Waals surface area contributed by atoms with E-state index in [1.165, 1.54) is 0 Å². The summed E-state index contributed by atoms with van der Waals surface area (Å²) in [6, 6.07) is 13.0. The lowest BCUT2D eigenvalue weighted by atomic mass is 10.3. The van der Waals surface area contributed by atoms with Crippen molar-refractivity contribution >= 4 is 45.9 Å². The highest BCUT2D eigenvalue weighted by atomic mass is 35.5. The van der Waals surface area contributed by atoms with Gasteiger partial charge >= 0.3 is 0 Å². The maximum Gasteiger partial charge on any atom is 0.205 e. The topological polar surface area (TPSA) is 40.7 Å². The van der Waals surface area contributed by atoms with Gasteiger partial charge < -0.3 is 10.3 Å². The number of nitrogens with zero attached hydrogens (tertiary/aromatic N) is 1. The maximum atomic E-state index is 5.92. The number of rotatable bonds is 2. The van der Waals surface area contributed by atoms with E-state index in [2.05, 4.69) is 15.3 Å². The highest BCUT2D eigenvalue weighted by molar-refractivity contribution is 6.31. The molecular formula is C13H9Cl2N3. The number of H-pyrrole nitrogens is 1. The molecule has 0 spiro atoms. The summed E-state index contributed by atoms with van der Waals surface area (Å²) in [7, 11) is 0. The molecule has 18 heavy (non-hydrogen) atoms. The number of fused-ring (bicyclic) bond motifs is 1. The molecule has 3 aromatic rings. The smallest absolute Gasteiger partial charge is 0.205 e. The third kappa shape index (κ3) is 2.28. The van der Waals surface area contributed by atoms with Crippen LogP contribution in [0.2, 0.25) is 10.0 Å². The number of aromatic nitrogens is 2. The molecule has 0 aliphatic carbocycles. The van der Waals surface area contributed by atoms with Gasteiger partial charge in [0.2, 0.25) is 5.95 Å². The Hall–Kier alpha value is -1.71. The van der Waals surface area contributed by atoms with Gasteiger partial charge in [-0.2, -0.15) is 0 Å². The van der Waals surface area contributed by atoms with Crippen LogP contribution in [0.15, 0.2) is 42.5 Å². The Morgan fingerprint density at radius 2 is 1.83 bits per heavy atom. The summed E-state index contributed by atoms with van der Waals surface area (Å²) in [5.41, 5.74) is 2.64. The lowest BCUT2D eigenvalue weighted by Crippen LogP contribution is -1.91. The van der Waals surface area contributed by atoms with E-state index >= 15 is 0 Å². The molecule has 90 valence electrons. The van der Waals surface area contributed by atoms with Crippen LogP contribution >= 0.6 is 23.2 Å². The molecule has 3 nitrogen and oxygen atoms in total. The predicted octanol–water partition coefficient (Wildman–Crippen LogP) is 4.61. The summed E-state index contributed by atoms with van der Waals surface area (Å²) in [4.78, 5) is 7.56. The lowest BCUT2D eigenvalue weighted by Gasteiger charge is -2.02. The molecule has 0 saturated carbocycles. The first-order chi connectivity index (χ1) is 8.70. The predicted molar refractivity (Wildman–Crippen MR) is 75.8 cm³/mol. The van der Waals surface area contributed by atoms with Crippen molar-refractivity contribution in [2.45, 2.75) is 0 Å². The van der Waals surface area contributed by atoms with Gasteiger partial charge in [-0.1, -0.05) is 29.3 Å². The summed E-state index contributed by atoms with van der Waals surface area (Å²) < 4.78 is 0. The lowest BCUT2D eigenvalue weighted by molar-refractivity contribution is 1.31. The van der Waals surface area contributed by atoms with E-state index < -0.39 is 0 Å². The van der Waals surface area contributed by atoms with E-state index in [-0.39, 0.29) is 0 Å². The molecule has 0 aliphatic heterocycles. The van der Waals surface area contributed by atoms with Crippen molar-refractivity contribution < 1.29 is 0 Å². The van der Waals surface area contributed by atoms with Gasteiger partial charge in [0.15, 0.2) is 0 Å². The van der Waals surface area contributed by atoms with E-state index in [4.69, 9.17) is 23.2 Å². The van der Waals surface area contributed by atoms with Crippen LogP contribution in [-0.4, -0.2) is 9.97 Å². The normalized spacial score (nSPS) is 10.8. The van der Waals surface area contributed by atoms with E-state index in [0.29, 0.717) is 16.0 Å². The van der Waals surface area contributed by atoms with Crippen LogP contribution in [0.1, 0.15) is 0 Å². The van der Waals surface area contributed by atoms with Gasteiger partial charge in [0, 0.05) is 15.7 Å². The van der Waals surface area contributed by atoms with Gasteiger partial charge in [-0.25, -0.2) is 4.98 Å². The van der Waals surface area contributed by atoms with Gasteiger partial charge in [0.05, 0.1) is 11.0 Å². The number of imidazole rings is 1. The van der Waals surface area contributed by atoms with Crippen molar-refractivity contribution in [3.8, 4) is 0 Å². The first kappa shape index (κ1) is 11.4. The Kier molecular flexibility index (Phi) is 2.86. The van der Waals surface area contributed by atoms with Crippen molar-refractivity contribution in [3.63, 3.8) is 0 Å². The van der Waals surface area contributed by atoms with Crippen molar-refractivity contribution in [3.05, 3.63) is 52.5 Å². The molecule has 0 bridgehead atoms. The highest BCUT2D eigenvalue weighted by Crippen LogP contribution is 2.22. The number of benzene rings is 2. The second-order valence-corrected chi connectivity index (χ2v) is 4.76. The SMILES string of the molecule is Clc1cccc(Nc2nc3ccc(Cl)cc3[nH]2)c1. The molecule has 0 amide bonds. The van der Waals surface area contributed by atoms with Crippen LogP contribution in [0.3, 0.4) is 0 Å². The molecular weight excluding hydrogens is 269 g/mol. The van der Waals surface area contributed by atoms with Gasteiger partial charge in [-0.3, -0.25) is 0 Å². The zero-order valence-corrected chi connectivity index (χ0v) is 10.8. The first-order valence-electron chi connectivity index (χ1n) is 5.38. The molecule has 2 aromatic carbocycles. The Morgan fingerprint density at radius 3 is 2.67 bits per heavy atom. The van der Waals surface area contributed by atoms with Crippen molar-refractivity contribution in [2.24, 2.45) is 0 Å². The number of aromatic amines is 1. The standard InChI is InChI=1S/C13H9Cl2N3/c14-8-2-1-3-10(6-8)16-13-17-11-5-4-9(15)7-12(11)18-13/h1-7H,(H2,16,17,18). The van der Waals surface area contributed by atoms with Crippen LogP contribution < -0.4 is 5.32 Å². The highest BCUT2D eigenvalue weighted by Gasteiger charge is 2.03. The molecule has 0 fully saturated rings. The average Bonchev–Trinajstić information content (AvgIpc) is 2.70. The fourth-order valence-corrected chi connectivity index (χ4v) is 2.11. The molecule has 3 rings (SSSR count). The summed E-state index contributed by atoms with van der Waals surface area (Å²) in [5.74, 6) is 0.662. The molecule has 0 unspecified atom stereocenters. The molecule has 5 heteroatoms. The van der Waals surface area contributed by atoms with Crippen molar-refractivity contribution in [1.29, 1.82) is 0 Å². The second kappa shape index (κ2) is 4.52. The van der Waals surface area contributed by atoms with E-state index in [0.717, 1.165) is 16.7 Å². The Balaban J connectivity index is 1.95. The molecule has 1 aromatic heterocycles. The zero-order valence-electron chi connectivity index (χ0n) is 9.24. The number of nitrogens with one attached hydrogen (secondary N) is 2. The molecule has 0 saturated heterocycles. The van der Waals surface area contributed by atoms with Crippen molar-refractivity contribution in [1.82, 2.24) is 9.97 Å². The van der Waals surface area contributed by atoms with Crippen LogP contribution in [0.4, 0.5) is 11.6 Å². The van der Waals surface area contributed by atoms with E-state index in [9.17, 15) is 0 Å². The molecule has 0 aliphatic rings. The average molecular weight is 278 g/mol. The van der Waals surface area contributed by atoms with Crippen LogP contribution in [0.25, 0.3) is 11.0 Å². The van der Waals surface area contributed by atoms with E-state index in [1.54, 1.807) is 0 Å². The molecule has 0 radical (unpaired) electrons. The Morgan fingerprint density at radius 1 is 1.00 bits per heavy atom. The second-order valence-electron chi connectivity index (χ2n) is 3.88. The maximum absolute atomic E-state index is 5.92. The molecule has 2 N–H and O–H groups in total. The summed E-state index contributed by atoms with van der Waals surface area (Å²) >= 11 is 11.8. The fourth-order valence-electron chi connectivity index (χ4n) is 1.74. The van der Waals surface area contributed by atoms with Gasteiger partial charge in [0.25, 0.3) is 0 Å². The number of hydrogen-bond donors (Lipinski definition) is 2. The quantitative estimate of drug-likeness (QED) is 0.718. The van der Waals surface area contributed by atoms with Gasteiger partial charge in [0.1, 0.15) is 0 Å². The minimum atomic E-state index is 0.662. The van der Waals surface area contributed by atoms with Gasteiger partial charge in [-0.15, -0.1) is 0 Å². The largest absolute Gasteiger partial charge is 0.326 e. The van der Waals surface area contributed by atoms with Crippen LogP contribution in [0.5, 0.6) is 0 Å². The number of halogens is 2. The minimum Gasteiger partial charge on any atom is -0.326 e. The molecule has 1 heterocycles. The van der Waals surface area contributed by atoms with E-state index in [1.807, 2.05) is 42.5 Å². The Labute approximate surface area is 114 Å². The van der Waals surface area contributed by atoms with Crippen LogP contribution in [0, 0.1) is 0 Å². The zero-order chi connectivity index (χ0) is 12.5. The van der Waals surface area contributed by atoms with Crippen molar-refractivity contribution in [2.75, 3.05) is 5.32 Å². The number of hydrogen-bond acceptors (Lipinski definition) is 2. The fraction of sp³-hybridized carbons (Fsp3) is 0. The molecule has 0 atom stereocenters. The Bertz CT molecular complexity index is 706. The summed E-state index contributed by atoms with van der Waals surface area (Å²) in [6.45, 7) is 0. The van der Waals surface area contributed by atoms with Crippen LogP contribution in [-0.2, 0) is 0 Å². The van der Waals surface area contributed by atoms with Gasteiger partial charge in [-0.05, 0) is 36.4 Å². The third-order valence-electron chi connectivity index (χ3n) is 2.53. The monoisotopic (exact) mass is 277 g/mol. The third-order valence-corrected chi connectivity index (χ3v) is 3.00. The summed E-state index contributed by atoms with van der Waals surface area (Å²) in [6.07, 6.45) is 0.